The van der Waals surface area contributed by atoms with Crippen molar-refractivity contribution in [1.82, 2.24) is 4.90 Å². The Labute approximate surface area is 190 Å². The zero-order chi connectivity index (χ0) is 22.1. The van der Waals surface area contributed by atoms with Gasteiger partial charge in [-0.1, -0.05) is 61.0 Å². The number of benzene rings is 2. The van der Waals surface area contributed by atoms with Crippen LogP contribution in [0.3, 0.4) is 0 Å². The van der Waals surface area contributed by atoms with E-state index in [1.807, 2.05) is 11.0 Å². The summed E-state index contributed by atoms with van der Waals surface area (Å²) in [6.45, 7) is 4.13. The molecule has 2 bridgehead atoms. The fraction of sp³-hybridized carbons (Fsp3) is 0.464. The van der Waals surface area contributed by atoms with Gasteiger partial charge in [-0.3, -0.25) is 0 Å². The molecule has 2 atom stereocenters. The third-order valence-electron chi connectivity index (χ3n) is 7.70. The third kappa shape index (κ3) is 3.86. The molecule has 2 aromatic carbocycles. The minimum absolute atomic E-state index is 0.0792. The summed E-state index contributed by atoms with van der Waals surface area (Å²) < 4.78 is 5.94. The lowest BCUT2D eigenvalue weighted by Crippen LogP contribution is -2.53. The molecule has 0 radical (unpaired) electrons. The fourth-order valence-corrected chi connectivity index (χ4v) is 6.24. The Morgan fingerprint density at radius 1 is 1.03 bits per heavy atom. The molecular formula is C28H33NO3. The number of hydrogen-bond donors (Lipinski definition) is 1. The maximum atomic E-state index is 13.2. The van der Waals surface area contributed by atoms with Crippen LogP contribution >= 0.6 is 0 Å². The van der Waals surface area contributed by atoms with E-state index in [9.17, 15) is 9.90 Å². The van der Waals surface area contributed by atoms with Crippen molar-refractivity contribution in [3.63, 3.8) is 0 Å². The first kappa shape index (κ1) is 21.3. The number of rotatable bonds is 7. The van der Waals surface area contributed by atoms with Gasteiger partial charge in [0.15, 0.2) is 0 Å². The van der Waals surface area contributed by atoms with Crippen LogP contribution in [0.4, 0.5) is 4.79 Å². The number of carbonyl (C=O) groups excluding carboxylic acids is 1. The highest BCUT2D eigenvalue weighted by atomic mass is 16.6. The van der Waals surface area contributed by atoms with Gasteiger partial charge in [0.1, 0.15) is 6.61 Å². The van der Waals surface area contributed by atoms with Crippen LogP contribution in [0.5, 0.6) is 0 Å². The van der Waals surface area contributed by atoms with Gasteiger partial charge in [-0.05, 0) is 67.2 Å². The standard InChI is InChI=1S/C28H33NO3/c1-2-3-4-9-16-28(31)17-20-14-15-21(18-28)29(20)27(30)32-19-26-24-12-7-5-10-22(24)23-11-6-8-13-25(23)26/h2,5-8,10-13,20-21,26,31H,1,3-4,9,14-19H2. The van der Waals surface area contributed by atoms with Gasteiger partial charge in [0.2, 0.25) is 0 Å². The smallest absolute Gasteiger partial charge is 0.410 e. The van der Waals surface area contributed by atoms with E-state index in [1.54, 1.807) is 0 Å². The Balaban J connectivity index is 1.24. The van der Waals surface area contributed by atoms with E-state index < -0.39 is 5.60 Å². The molecule has 2 fully saturated rings. The minimum Gasteiger partial charge on any atom is -0.448 e. The molecule has 1 aliphatic carbocycles. The molecular weight excluding hydrogens is 398 g/mol. The average Bonchev–Trinajstić information content (AvgIpc) is 3.28. The second-order valence-electron chi connectivity index (χ2n) is 9.76. The van der Waals surface area contributed by atoms with E-state index in [1.165, 1.54) is 22.3 Å². The highest BCUT2D eigenvalue weighted by Gasteiger charge is 2.49. The number of hydrogen-bond acceptors (Lipinski definition) is 3. The predicted molar refractivity (Wildman–Crippen MR) is 127 cm³/mol. The zero-order valence-corrected chi connectivity index (χ0v) is 18.7. The first-order valence-corrected chi connectivity index (χ1v) is 12.1. The number of piperidine rings is 1. The lowest BCUT2D eigenvalue weighted by atomic mass is 9.82. The summed E-state index contributed by atoms with van der Waals surface area (Å²) in [5, 5.41) is 11.2. The van der Waals surface area contributed by atoms with Crippen LogP contribution in [0.2, 0.25) is 0 Å². The Morgan fingerprint density at radius 3 is 2.22 bits per heavy atom. The molecule has 4 heteroatoms. The van der Waals surface area contributed by atoms with Crippen molar-refractivity contribution in [2.75, 3.05) is 6.61 Å². The molecule has 2 heterocycles. The van der Waals surface area contributed by atoms with Gasteiger partial charge in [-0.15, -0.1) is 6.58 Å². The second kappa shape index (κ2) is 8.74. The highest BCUT2D eigenvalue weighted by molar-refractivity contribution is 5.79. The van der Waals surface area contributed by atoms with E-state index in [0.29, 0.717) is 19.4 Å². The minimum atomic E-state index is -0.646. The molecule has 1 amide bonds. The highest BCUT2D eigenvalue weighted by Crippen LogP contribution is 2.46. The van der Waals surface area contributed by atoms with Crippen LogP contribution in [0.25, 0.3) is 11.1 Å². The van der Waals surface area contributed by atoms with Gasteiger partial charge in [0, 0.05) is 18.0 Å². The Morgan fingerprint density at radius 2 is 1.62 bits per heavy atom. The first-order valence-electron chi connectivity index (χ1n) is 12.1. The number of amides is 1. The van der Waals surface area contributed by atoms with E-state index >= 15 is 0 Å². The molecule has 0 spiro atoms. The maximum absolute atomic E-state index is 13.2. The van der Waals surface area contributed by atoms with Crippen LogP contribution in [0.1, 0.15) is 68.4 Å². The molecule has 32 heavy (non-hydrogen) atoms. The van der Waals surface area contributed by atoms with Crippen molar-refractivity contribution in [2.24, 2.45) is 0 Å². The predicted octanol–water partition coefficient (Wildman–Crippen LogP) is 6.04. The molecule has 5 rings (SSSR count). The largest absolute Gasteiger partial charge is 0.448 e. The topological polar surface area (TPSA) is 49.8 Å². The van der Waals surface area contributed by atoms with Crippen LogP contribution in [0, 0.1) is 0 Å². The maximum Gasteiger partial charge on any atom is 0.410 e. The van der Waals surface area contributed by atoms with Crippen LogP contribution < -0.4 is 0 Å². The number of aliphatic hydroxyl groups is 1. The average molecular weight is 432 g/mol. The normalized spacial score (nSPS) is 26.0. The summed E-state index contributed by atoms with van der Waals surface area (Å²) in [4.78, 5) is 15.1. The number of fused-ring (bicyclic) bond motifs is 5. The van der Waals surface area contributed by atoms with Crippen molar-refractivity contribution in [3.8, 4) is 11.1 Å². The van der Waals surface area contributed by atoms with Crippen LogP contribution in [0.15, 0.2) is 61.2 Å². The van der Waals surface area contributed by atoms with Gasteiger partial charge in [-0.25, -0.2) is 4.79 Å². The van der Waals surface area contributed by atoms with Gasteiger partial charge < -0.3 is 14.7 Å². The number of ether oxygens (including phenoxy) is 1. The number of nitrogens with zero attached hydrogens (tertiary/aromatic N) is 1. The summed E-state index contributed by atoms with van der Waals surface area (Å²) >= 11 is 0. The molecule has 0 aromatic heterocycles. The lowest BCUT2D eigenvalue weighted by Gasteiger charge is -2.43. The molecule has 168 valence electrons. The molecule has 2 aliphatic heterocycles. The monoisotopic (exact) mass is 431 g/mol. The first-order chi connectivity index (χ1) is 15.6. The van der Waals surface area contributed by atoms with Gasteiger partial charge in [0.25, 0.3) is 0 Å². The third-order valence-corrected chi connectivity index (χ3v) is 7.70. The van der Waals surface area contributed by atoms with Gasteiger partial charge in [0.05, 0.1) is 5.60 Å². The Kier molecular flexibility index (Phi) is 5.81. The quantitative estimate of drug-likeness (QED) is 0.429. The second-order valence-corrected chi connectivity index (χ2v) is 9.76. The van der Waals surface area contributed by atoms with E-state index in [-0.39, 0.29) is 24.1 Å². The SMILES string of the molecule is C=CCCCCC1(O)CC2CCC(C1)N2C(=O)OCC1c2ccccc2-c2ccccc21. The summed E-state index contributed by atoms with van der Waals surface area (Å²) in [7, 11) is 0. The Hall–Kier alpha value is -2.59. The molecule has 2 aromatic rings. The van der Waals surface area contributed by atoms with Crippen LogP contribution in [-0.4, -0.2) is 40.4 Å². The van der Waals surface area contributed by atoms with Crippen LogP contribution in [-0.2, 0) is 4.74 Å². The lowest BCUT2D eigenvalue weighted by molar-refractivity contribution is -0.0547. The molecule has 2 unspecified atom stereocenters. The van der Waals surface area contributed by atoms with E-state index in [2.05, 4.69) is 55.1 Å². The summed E-state index contributed by atoms with van der Waals surface area (Å²) in [6, 6.07) is 17.0. The van der Waals surface area contributed by atoms with Gasteiger partial charge in [-0.2, -0.15) is 0 Å². The molecule has 4 nitrogen and oxygen atoms in total. The molecule has 1 N–H and O–H groups in total. The van der Waals surface area contributed by atoms with E-state index in [4.69, 9.17) is 4.74 Å². The van der Waals surface area contributed by atoms with Crippen molar-refractivity contribution >= 4 is 6.09 Å². The molecule has 0 saturated carbocycles. The van der Waals surface area contributed by atoms with Crippen molar-refractivity contribution in [2.45, 2.75) is 75.0 Å². The number of unbranched alkanes of at least 4 members (excludes halogenated alkanes) is 2. The summed E-state index contributed by atoms with van der Waals surface area (Å²) in [6.07, 6.45) is 8.86. The molecule has 2 saturated heterocycles. The van der Waals surface area contributed by atoms with Gasteiger partial charge >= 0.3 is 6.09 Å². The summed E-state index contributed by atoms with van der Waals surface area (Å²) in [5.41, 5.74) is 4.30. The fourth-order valence-electron chi connectivity index (χ4n) is 6.24. The zero-order valence-electron chi connectivity index (χ0n) is 18.7. The van der Waals surface area contributed by atoms with Crippen molar-refractivity contribution in [1.29, 1.82) is 0 Å². The number of allylic oxidation sites excluding steroid dienone is 1. The van der Waals surface area contributed by atoms with Crippen molar-refractivity contribution < 1.29 is 14.6 Å². The van der Waals surface area contributed by atoms with E-state index in [0.717, 1.165) is 38.5 Å². The molecule has 3 aliphatic rings. The number of carbonyl (C=O) groups is 1. The summed E-state index contributed by atoms with van der Waals surface area (Å²) in [5.74, 6) is 0.0792. The van der Waals surface area contributed by atoms with Crippen molar-refractivity contribution in [3.05, 3.63) is 72.3 Å². The Bertz CT molecular complexity index is 940.